The summed E-state index contributed by atoms with van der Waals surface area (Å²) in [5.74, 6) is 0.290. The molecule has 0 bridgehead atoms. The summed E-state index contributed by atoms with van der Waals surface area (Å²) in [5, 5.41) is 5.99. The zero-order chi connectivity index (χ0) is 21.6. The monoisotopic (exact) mass is 397 g/mol. The van der Waals surface area contributed by atoms with E-state index in [0.29, 0.717) is 24.8 Å². The van der Waals surface area contributed by atoms with Crippen LogP contribution in [0.5, 0.6) is 0 Å². The van der Waals surface area contributed by atoms with Gasteiger partial charge in [-0.3, -0.25) is 9.59 Å². The molecule has 0 aliphatic heterocycles. The fraction of sp³-hybridized carbons (Fsp3) is 0.913. The van der Waals surface area contributed by atoms with Crippen molar-refractivity contribution in [1.29, 1.82) is 0 Å². The van der Waals surface area contributed by atoms with Crippen molar-refractivity contribution in [3.8, 4) is 0 Å². The highest BCUT2D eigenvalue weighted by molar-refractivity contribution is 5.76. The highest BCUT2D eigenvalue weighted by Crippen LogP contribution is 2.21. The van der Waals surface area contributed by atoms with E-state index in [1.165, 1.54) is 6.42 Å². The number of hydrogen-bond acceptors (Lipinski definition) is 3. The maximum atomic E-state index is 11.9. The predicted molar refractivity (Wildman–Crippen MR) is 119 cm³/mol. The first-order chi connectivity index (χ1) is 12.9. The van der Waals surface area contributed by atoms with Crippen LogP contribution in [0.15, 0.2) is 0 Å². The third-order valence-corrected chi connectivity index (χ3v) is 5.12. The van der Waals surface area contributed by atoms with Crippen molar-refractivity contribution in [2.45, 2.75) is 105 Å². The molecule has 0 radical (unpaired) electrons. The SMILES string of the molecule is CN(CCCC(=O)NCCCCCC(=O)NCCCCC(C)(C)C)C(C)(C)C. The molecule has 0 unspecified atom stereocenters. The number of carbonyl (C=O) groups is 2. The quantitative estimate of drug-likeness (QED) is 0.424. The van der Waals surface area contributed by atoms with Crippen molar-refractivity contribution in [2.75, 3.05) is 26.7 Å². The number of carbonyl (C=O) groups excluding carboxylic acids is 2. The van der Waals surface area contributed by atoms with Crippen molar-refractivity contribution in [3.63, 3.8) is 0 Å². The molecule has 0 rings (SSSR count). The molecule has 0 fully saturated rings. The molecule has 0 spiro atoms. The van der Waals surface area contributed by atoms with Crippen molar-refractivity contribution < 1.29 is 9.59 Å². The Morgan fingerprint density at radius 2 is 1.21 bits per heavy atom. The normalized spacial score (nSPS) is 12.3. The van der Waals surface area contributed by atoms with Crippen LogP contribution < -0.4 is 10.6 Å². The van der Waals surface area contributed by atoms with Gasteiger partial charge >= 0.3 is 0 Å². The van der Waals surface area contributed by atoms with Gasteiger partial charge in [0.2, 0.25) is 11.8 Å². The molecule has 0 saturated carbocycles. The van der Waals surface area contributed by atoms with Crippen LogP contribution >= 0.6 is 0 Å². The average molecular weight is 398 g/mol. The number of nitrogens with zero attached hydrogens (tertiary/aromatic N) is 1. The van der Waals surface area contributed by atoms with E-state index in [1.54, 1.807) is 0 Å². The van der Waals surface area contributed by atoms with Crippen LogP contribution in [0.2, 0.25) is 0 Å². The third kappa shape index (κ3) is 17.0. The molecule has 28 heavy (non-hydrogen) atoms. The van der Waals surface area contributed by atoms with Gasteiger partial charge in [-0.2, -0.15) is 0 Å². The average Bonchev–Trinajstić information content (AvgIpc) is 2.55. The zero-order valence-electron chi connectivity index (χ0n) is 19.7. The Hall–Kier alpha value is -1.10. The summed E-state index contributed by atoms with van der Waals surface area (Å²) in [5.41, 5.74) is 0.525. The largest absolute Gasteiger partial charge is 0.356 e. The smallest absolute Gasteiger partial charge is 0.220 e. The van der Waals surface area contributed by atoms with Crippen LogP contribution in [0.4, 0.5) is 0 Å². The van der Waals surface area contributed by atoms with E-state index >= 15 is 0 Å². The Labute approximate surface area is 174 Å². The zero-order valence-corrected chi connectivity index (χ0v) is 19.7. The van der Waals surface area contributed by atoms with E-state index < -0.39 is 0 Å². The lowest BCUT2D eigenvalue weighted by Crippen LogP contribution is -2.39. The lowest BCUT2D eigenvalue weighted by Gasteiger charge is -2.31. The summed E-state index contributed by atoms with van der Waals surface area (Å²) in [6.45, 7) is 15.7. The third-order valence-electron chi connectivity index (χ3n) is 5.12. The molecule has 0 aliphatic rings. The molecular formula is C23H47N3O2. The highest BCUT2D eigenvalue weighted by atomic mass is 16.2. The molecule has 0 aromatic heterocycles. The second kappa shape index (κ2) is 14.0. The van der Waals surface area contributed by atoms with Crippen molar-refractivity contribution in [1.82, 2.24) is 15.5 Å². The number of unbranched alkanes of at least 4 members (excludes halogenated alkanes) is 3. The summed E-state index contributed by atoms with van der Waals surface area (Å²) in [6, 6.07) is 0. The Morgan fingerprint density at radius 1 is 0.714 bits per heavy atom. The van der Waals surface area contributed by atoms with E-state index in [1.807, 2.05) is 0 Å². The van der Waals surface area contributed by atoms with Crippen LogP contribution in [-0.4, -0.2) is 48.9 Å². The van der Waals surface area contributed by atoms with Crippen LogP contribution in [-0.2, 0) is 9.59 Å². The van der Waals surface area contributed by atoms with E-state index in [-0.39, 0.29) is 17.4 Å². The van der Waals surface area contributed by atoms with E-state index in [4.69, 9.17) is 0 Å². The molecule has 0 aliphatic carbocycles. The van der Waals surface area contributed by atoms with E-state index in [2.05, 4.69) is 64.1 Å². The maximum Gasteiger partial charge on any atom is 0.220 e. The van der Waals surface area contributed by atoms with Crippen LogP contribution in [0.1, 0.15) is 99.3 Å². The Balaban J connectivity index is 3.50. The van der Waals surface area contributed by atoms with Gasteiger partial charge < -0.3 is 15.5 Å². The van der Waals surface area contributed by atoms with Gasteiger partial charge in [0.1, 0.15) is 0 Å². The number of rotatable bonds is 14. The first kappa shape index (κ1) is 26.9. The topological polar surface area (TPSA) is 61.4 Å². The first-order valence-electron chi connectivity index (χ1n) is 11.2. The standard InChI is InChI=1S/C23H47N3O2/c1-22(2,3)16-10-12-18-25-20(27)14-9-8-11-17-24-21(28)15-13-19-26(7)23(4,5)6/h8-19H2,1-7H3,(H,24,28)(H,25,27). The Morgan fingerprint density at radius 3 is 1.71 bits per heavy atom. The molecule has 2 amide bonds. The fourth-order valence-corrected chi connectivity index (χ4v) is 2.81. The van der Waals surface area contributed by atoms with E-state index in [9.17, 15) is 9.59 Å². The van der Waals surface area contributed by atoms with Crippen molar-refractivity contribution in [3.05, 3.63) is 0 Å². The molecule has 166 valence electrons. The van der Waals surface area contributed by atoms with E-state index in [0.717, 1.165) is 51.6 Å². The second-order valence-electron chi connectivity index (χ2n) is 10.2. The summed E-state index contributed by atoms with van der Waals surface area (Å²) in [7, 11) is 2.10. The van der Waals surface area contributed by atoms with Gasteiger partial charge in [-0.1, -0.05) is 33.6 Å². The van der Waals surface area contributed by atoms with Gasteiger partial charge in [0.25, 0.3) is 0 Å². The summed E-state index contributed by atoms with van der Waals surface area (Å²) in [6.07, 6.45) is 8.27. The lowest BCUT2D eigenvalue weighted by molar-refractivity contribution is -0.122. The minimum Gasteiger partial charge on any atom is -0.356 e. The minimum absolute atomic E-state index is 0.135. The van der Waals surface area contributed by atoms with Crippen molar-refractivity contribution in [2.24, 2.45) is 5.41 Å². The number of hydrogen-bond donors (Lipinski definition) is 2. The van der Waals surface area contributed by atoms with Gasteiger partial charge in [0.05, 0.1) is 0 Å². The van der Waals surface area contributed by atoms with Gasteiger partial charge in [-0.25, -0.2) is 0 Å². The summed E-state index contributed by atoms with van der Waals surface area (Å²) >= 11 is 0. The van der Waals surface area contributed by atoms with Gasteiger partial charge in [-0.05, 0) is 71.9 Å². The molecule has 0 atom stereocenters. The van der Waals surface area contributed by atoms with Gasteiger partial charge in [0.15, 0.2) is 0 Å². The second-order valence-corrected chi connectivity index (χ2v) is 10.2. The van der Waals surface area contributed by atoms with Gasteiger partial charge in [0, 0.05) is 31.5 Å². The Bertz CT molecular complexity index is 436. The number of nitrogens with one attached hydrogen (secondary N) is 2. The van der Waals surface area contributed by atoms with Crippen molar-refractivity contribution >= 4 is 11.8 Å². The first-order valence-corrected chi connectivity index (χ1v) is 11.2. The summed E-state index contributed by atoms with van der Waals surface area (Å²) < 4.78 is 0. The fourth-order valence-electron chi connectivity index (χ4n) is 2.81. The predicted octanol–water partition coefficient (Wildman–Crippen LogP) is 4.51. The molecule has 0 aromatic rings. The molecule has 2 N–H and O–H groups in total. The molecule has 0 saturated heterocycles. The molecule has 5 heteroatoms. The molecular weight excluding hydrogens is 350 g/mol. The molecule has 5 nitrogen and oxygen atoms in total. The van der Waals surface area contributed by atoms with Crippen LogP contribution in [0, 0.1) is 5.41 Å². The van der Waals surface area contributed by atoms with Crippen LogP contribution in [0.25, 0.3) is 0 Å². The molecule has 0 heterocycles. The molecule has 0 aromatic carbocycles. The van der Waals surface area contributed by atoms with Gasteiger partial charge in [-0.15, -0.1) is 0 Å². The minimum atomic E-state index is 0.135. The van der Waals surface area contributed by atoms with Crippen LogP contribution in [0.3, 0.4) is 0 Å². The lowest BCUT2D eigenvalue weighted by atomic mass is 9.90. The number of amides is 2. The highest BCUT2D eigenvalue weighted by Gasteiger charge is 2.16. The summed E-state index contributed by atoms with van der Waals surface area (Å²) in [4.78, 5) is 25.9. The Kier molecular flexibility index (Phi) is 13.4. The maximum absolute atomic E-state index is 11.9.